The van der Waals surface area contributed by atoms with Gasteiger partial charge in [0, 0.05) is 12.6 Å². The first kappa shape index (κ1) is 13.0. The van der Waals surface area contributed by atoms with E-state index in [-0.39, 0.29) is 24.2 Å². The van der Waals surface area contributed by atoms with E-state index in [1.165, 1.54) is 6.20 Å². The van der Waals surface area contributed by atoms with Gasteiger partial charge in [-0.15, -0.1) is 0 Å². The molecule has 0 saturated carbocycles. The van der Waals surface area contributed by atoms with Crippen molar-refractivity contribution in [1.82, 2.24) is 9.78 Å². The number of anilines is 1. The van der Waals surface area contributed by atoms with Gasteiger partial charge in [-0.2, -0.15) is 5.10 Å². The molecule has 0 bridgehead atoms. The summed E-state index contributed by atoms with van der Waals surface area (Å²) in [5.41, 5.74) is 5.59. The Morgan fingerprint density at radius 1 is 1.75 bits per heavy atom. The van der Waals surface area contributed by atoms with Crippen LogP contribution in [0.4, 0.5) is 5.69 Å². The minimum atomic E-state index is -0.426. The van der Waals surface area contributed by atoms with E-state index in [0.717, 1.165) is 4.68 Å². The molecule has 0 spiro atoms. The number of nitrogens with zero attached hydrogens (tertiary/aromatic N) is 2. The molecule has 0 aliphatic heterocycles. The Labute approximate surface area is 98.0 Å². The maximum Gasteiger partial charge on any atom is 0.287 e. The molecular formula is C9H15ClN4O2. The summed E-state index contributed by atoms with van der Waals surface area (Å²) in [5, 5.41) is 15.6. The van der Waals surface area contributed by atoms with Crippen LogP contribution in [0.2, 0.25) is 5.02 Å². The Bertz CT molecular complexity index is 405. The number of aromatic nitrogens is 2. The highest BCUT2D eigenvalue weighted by Gasteiger charge is 2.08. The molecule has 0 aromatic carbocycles. The summed E-state index contributed by atoms with van der Waals surface area (Å²) >= 11 is 5.86. The van der Waals surface area contributed by atoms with E-state index in [2.05, 4.69) is 10.4 Å². The van der Waals surface area contributed by atoms with E-state index in [0.29, 0.717) is 12.2 Å². The largest absolute Gasteiger partial charge is 0.394 e. The molecule has 0 radical (unpaired) electrons. The molecule has 1 heterocycles. The van der Waals surface area contributed by atoms with Crippen molar-refractivity contribution < 1.29 is 5.11 Å². The maximum absolute atomic E-state index is 11.6. The Morgan fingerprint density at radius 2 is 2.44 bits per heavy atom. The molecule has 1 aromatic rings. The predicted molar refractivity (Wildman–Crippen MR) is 62.7 cm³/mol. The number of aliphatic hydroxyl groups excluding tert-OH is 1. The van der Waals surface area contributed by atoms with Crippen molar-refractivity contribution in [3.8, 4) is 0 Å². The normalized spacial score (nSPS) is 12.5. The van der Waals surface area contributed by atoms with Crippen LogP contribution in [0.15, 0.2) is 11.0 Å². The highest BCUT2D eigenvalue weighted by molar-refractivity contribution is 6.32. The highest BCUT2D eigenvalue weighted by atomic mass is 35.5. The first-order valence-corrected chi connectivity index (χ1v) is 5.30. The van der Waals surface area contributed by atoms with Crippen LogP contribution in [0.25, 0.3) is 0 Å². The molecular weight excluding hydrogens is 232 g/mol. The lowest BCUT2D eigenvalue weighted by atomic mass is 10.3. The van der Waals surface area contributed by atoms with Gasteiger partial charge in [0.2, 0.25) is 0 Å². The zero-order chi connectivity index (χ0) is 12.1. The Hall–Kier alpha value is -1.11. The average molecular weight is 247 g/mol. The molecule has 4 N–H and O–H groups in total. The van der Waals surface area contributed by atoms with Crippen molar-refractivity contribution >= 4 is 17.3 Å². The van der Waals surface area contributed by atoms with E-state index < -0.39 is 5.56 Å². The van der Waals surface area contributed by atoms with Crippen LogP contribution in [-0.4, -0.2) is 34.1 Å². The fourth-order valence-electron chi connectivity index (χ4n) is 1.11. The summed E-state index contributed by atoms with van der Waals surface area (Å²) in [7, 11) is 0. The first-order chi connectivity index (χ1) is 7.56. The molecule has 1 rings (SSSR count). The van der Waals surface area contributed by atoms with Crippen LogP contribution in [0.3, 0.4) is 0 Å². The van der Waals surface area contributed by atoms with Gasteiger partial charge in [-0.1, -0.05) is 11.6 Å². The number of hydrogen-bond donors (Lipinski definition) is 3. The van der Waals surface area contributed by atoms with Crippen LogP contribution in [0.5, 0.6) is 0 Å². The molecule has 0 amide bonds. The number of nitrogens with one attached hydrogen (secondary N) is 1. The standard InChI is InChI=1S/C9H15ClN4O2/c1-6(11)4-12-7-5-13-14(2-3-15)9(16)8(7)10/h5-6,12,15H,2-4,11H2,1H3. The highest BCUT2D eigenvalue weighted by Crippen LogP contribution is 2.14. The maximum atomic E-state index is 11.6. The van der Waals surface area contributed by atoms with Gasteiger partial charge in [-0.25, -0.2) is 4.68 Å². The van der Waals surface area contributed by atoms with E-state index >= 15 is 0 Å². The van der Waals surface area contributed by atoms with Crippen molar-refractivity contribution in [1.29, 1.82) is 0 Å². The number of aliphatic hydroxyl groups is 1. The molecule has 1 atom stereocenters. The third-order valence-corrected chi connectivity index (χ3v) is 2.28. The second kappa shape index (κ2) is 5.83. The van der Waals surface area contributed by atoms with E-state index in [4.69, 9.17) is 22.4 Å². The molecule has 0 aliphatic carbocycles. The summed E-state index contributed by atoms with van der Waals surface area (Å²) in [6.45, 7) is 2.31. The van der Waals surface area contributed by atoms with Gasteiger partial charge in [0.1, 0.15) is 5.02 Å². The van der Waals surface area contributed by atoms with Gasteiger partial charge in [0.15, 0.2) is 0 Å². The third kappa shape index (κ3) is 3.19. The summed E-state index contributed by atoms with van der Waals surface area (Å²) in [6, 6.07) is -0.0454. The van der Waals surface area contributed by atoms with Crippen molar-refractivity contribution in [2.45, 2.75) is 19.5 Å². The fraction of sp³-hybridized carbons (Fsp3) is 0.556. The van der Waals surface area contributed by atoms with Crippen LogP contribution in [0.1, 0.15) is 6.92 Å². The fourth-order valence-corrected chi connectivity index (χ4v) is 1.33. The zero-order valence-corrected chi connectivity index (χ0v) is 9.74. The summed E-state index contributed by atoms with van der Waals surface area (Å²) in [4.78, 5) is 11.6. The molecule has 7 heteroatoms. The summed E-state index contributed by atoms with van der Waals surface area (Å²) < 4.78 is 1.11. The van der Waals surface area contributed by atoms with Gasteiger partial charge in [-0.05, 0) is 6.92 Å². The first-order valence-electron chi connectivity index (χ1n) is 4.92. The van der Waals surface area contributed by atoms with Crippen LogP contribution < -0.4 is 16.6 Å². The lowest BCUT2D eigenvalue weighted by molar-refractivity contribution is 0.266. The van der Waals surface area contributed by atoms with Gasteiger partial charge >= 0.3 is 0 Å². The minimum absolute atomic E-state index is 0.0454. The number of nitrogens with two attached hydrogens (primary N) is 1. The molecule has 0 saturated heterocycles. The second-order valence-corrected chi connectivity index (χ2v) is 3.86. The van der Waals surface area contributed by atoms with Crippen LogP contribution in [0, 0.1) is 0 Å². The average Bonchev–Trinajstić information content (AvgIpc) is 2.24. The van der Waals surface area contributed by atoms with Crippen molar-refractivity contribution in [3.05, 3.63) is 21.6 Å². The van der Waals surface area contributed by atoms with Gasteiger partial charge in [-0.3, -0.25) is 4.79 Å². The van der Waals surface area contributed by atoms with Crippen molar-refractivity contribution in [2.75, 3.05) is 18.5 Å². The number of hydrogen-bond acceptors (Lipinski definition) is 5. The van der Waals surface area contributed by atoms with E-state index in [1.807, 2.05) is 6.92 Å². The number of halogens is 1. The van der Waals surface area contributed by atoms with E-state index in [9.17, 15) is 4.79 Å². The molecule has 0 fully saturated rings. The van der Waals surface area contributed by atoms with Crippen molar-refractivity contribution in [3.63, 3.8) is 0 Å². The van der Waals surface area contributed by atoms with Crippen molar-refractivity contribution in [2.24, 2.45) is 5.73 Å². The molecule has 16 heavy (non-hydrogen) atoms. The lowest BCUT2D eigenvalue weighted by Gasteiger charge is -2.11. The SMILES string of the molecule is CC(N)CNc1cnn(CCO)c(=O)c1Cl. The minimum Gasteiger partial charge on any atom is -0.394 e. The third-order valence-electron chi connectivity index (χ3n) is 1.91. The smallest absolute Gasteiger partial charge is 0.287 e. The lowest BCUT2D eigenvalue weighted by Crippen LogP contribution is -2.28. The Morgan fingerprint density at radius 3 is 3.00 bits per heavy atom. The molecule has 90 valence electrons. The molecule has 1 aromatic heterocycles. The second-order valence-electron chi connectivity index (χ2n) is 3.48. The van der Waals surface area contributed by atoms with Gasteiger partial charge in [0.05, 0.1) is 25.0 Å². The summed E-state index contributed by atoms with van der Waals surface area (Å²) in [5.74, 6) is 0. The molecule has 1 unspecified atom stereocenters. The summed E-state index contributed by atoms with van der Waals surface area (Å²) in [6.07, 6.45) is 1.45. The monoisotopic (exact) mass is 246 g/mol. The zero-order valence-electron chi connectivity index (χ0n) is 8.98. The Balaban J connectivity index is 2.89. The predicted octanol–water partition coefficient (Wildman–Crippen LogP) is -0.352. The van der Waals surface area contributed by atoms with Crippen LogP contribution >= 0.6 is 11.6 Å². The topological polar surface area (TPSA) is 93.2 Å². The van der Waals surface area contributed by atoms with E-state index in [1.54, 1.807) is 0 Å². The molecule has 6 nitrogen and oxygen atoms in total. The quantitative estimate of drug-likeness (QED) is 0.660. The number of rotatable bonds is 5. The van der Waals surface area contributed by atoms with Gasteiger partial charge in [0.25, 0.3) is 5.56 Å². The van der Waals surface area contributed by atoms with Gasteiger partial charge < -0.3 is 16.2 Å². The Kier molecular flexibility index (Phi) is 4.72. The van der Waals surface area contributed by atoms with Crippen LogP contribution in [-0.2, 0) is 6.54 Å². The molecule has 0 aliphatic rings.